The van der Waals surface area contributed by atoms with Gasteiger partial charge in [0.05, 0.1) is 17.4 Å². The lowest BCUT2D eigenvalue weighted by atomic mass is 9.96. The summed E-state index contributed by atoms with van der Waals surface area (Å²) in [5.41, 5.74) is 9.43. The van der Waals surface area contributed by atoms with Gasteiger partial charge in [-0.3, -0.25) is 0 Å². The zero-order valence-corrected chi connectivity index (χ0v) is 10.2. The molecular weight excluding hydrogens is 198 g/mol. The van der Waals surface area contributed by atoms with E-state index >= 15 is 0 Å². The van der Waals surface area contributed by atoms with Gasteiger partial charge >= 0.3 is 0 Å². The first kappa shape index (κ1) is 11.1. The van der Waals surface area contributed by atoms with Gasteiger partial charge in [-0.2, -0.15) is 0 Å². The number of nitrogens with zero attached hydrogens (tertiary/aromatic N) is 2. The van der Waals surface area contributed by atoms with E-state index < -0.39 is 0 Å². The minimum absolute atomic E-state index is 0.0981. The minimum Gasteiger partial charge on any atom is -0.334 e. The molecule has 0 unspecified atom stereocenters. The Balaban J connectivity index is 2.20. The van der Waals surface area contributed by atoms with Crippen LogP contribution < -0.4 is 5.73 Å². The van der Waals surface area contributed by atoms with Crippen LogP contribution >= 0.6 is 0 Å². The van der Waals surface area contributed by atoms with Gasteiger partial charge in [0.1, 0.15) is 0 Å². The van der Waals surface area contributed by atoms with Gasteiger partial charge in [0, 0.05) is 12.6 Å². The lowest BCUT2D eigenvalue weighted by Gasteiger charge is -2.17. The van der Waals surface area contributed by atoms with Crippen LogP contribution in [-0.4, -0.2) is 15.1 Å². The van der Waals surface area contributed by atoms with Gasteiger partial charge in [0.15, 0.2) is 0 Å². The summed E-state index contributed by atoms with van der Waals surface area (Å²) in [6, 6.07) is 6.44. The van der Waals surface area contributed by atoms with E-state index in [1.807, 2.05) is 17.9 Å². The maximum absolute atomic E-state index is 5.98. The van der Waals surface area contributed by atoms with E-state index in [9.17, 15) is 0 Å². The molecule has 0 saturated carbocycles. The van der Waals surface area contributed by atoms with Crippen LogP contribution in [0, 0.1) is 0 Å². The predicted molar refractivity (Wildman–Crippen MR) is 67.3 cm³/mol. The minimum atomic E-state index is -0.0981. The maximum Gasteiger partial charge on any atom is 0.0955 e. The third-order valence-electron chi connectivity index (χ3n) is 2.85. The van der Waals surface area contributed by atoms with E-state index in [2.05, 4.69) is 37.0 Å². The number of nitrogens with two attached hydrogens (primary N) is 1. The van der Waals surface area contributed by atoms with Crippen LogP contribution in [0.4, 0.5) is 0 Å². The SMILES string of the molecule is Cn1cnc2cc(CCC(C)(C)N)ccc21. The number of hydrogen-bond donors (Lipinski definition) is 1. The van der Waals surface area contributed by atoms with Gasteiger partial charge in [-0.25, -0.2) is 4.98 Å². The van der Waals surface area contributed by atoms with Crippen molar-refractivity contribution < 1.29 is 0 Å². The molecule has 0 bridgehead atoms. The van der Waals surface area contributed by atoms with Gasteiger partial charge in [0.2, 0.25) is 0 Å². The summed E-state index contributed by atoms with van der Waals surface area (Å²) in [4.78, 5) is 4.36. The lowest BCUT2D eigenvalue weighted by molar-refractivity contribution is 0.477. The Hall–Kier alpha value is -1.35. The van der Waals surface area contributed by atoms with E-state index in [1.54, 1.807) is 0 Å². The second kappa shape index (κ2) is 3.91. The molecule has 1 aromatic heterocycles. The fourth-order valence-corrected chi connectivity index (χ4v) is 1.80. The average Bonchev–Trinajstić information content (AvgIpc) is 2.56. The summed E-state index contributed by atoms with van der Waals surface area (Å²) in [7, 11) is 2.01. The second-order valence-corrected chi connectivity index (χ2v) is 5.17. The van der Waals surface area contributed by atoms with Gasteiger partial charge in [-0.1, -0.05) is 6.07 Å². The van der Waals surface area contributed by atoms with E-state index in [-0.39, 0.29) is 5.54 Å². The molecule has 1 heterocycles. The molecular formula is C13H19N3. The topological polar surface area (TPSA) is 43.8 Å². The fourth-order valence-electron chi connectivity index (χ4n) is 1.80. The van der Waals surface area contributed by atoms with Crippen LogP contribution in [0.25, 0.3) is 11.0 Å². The van der Waals surface area contributed by atoms with Crippen LogP contribution in [0.1, 0.15) is 25.8 Å². The van der Waals surface area contributed by atoms with Crippen LogP contribution in [-0.2, 0) is 13.5 Å². The summed E-state index contributed by atoms with van der Waals surface area (Å²) in [6.07, 6.45) is 3.85. The Labute approximate surface area is 96.3 Å². The highest BCUT2D eigenvalue weighted by Crippen LogP contribution is 2.17. The van der Waals surface area contributed by atoms with Gasteiger partial charge in [-0.05, 0) is 44.4 Å². The molecule has 3 nitrogen and oxygen atoms in total. The number of fused-ring (bicyclic) bond motifs is 1. The third kappa shape index (κ3) is 2.42. The Morgan fingerprint density at radius 2 is 2.12 bits per heavy atom. The molecule has 2 rings (SSSR count). The number of aryl methyl sites for hydroxylation is 2. The van der Waals surface area contributed by atoms with E-state index in [0.717, 1.165) is 18.4 Å². The van der Waals surface area contributed by atoms with Crippen molar-refractivity contribution in [2.45, 2.75) is 32.2 Å². The molecule has 0 fully saturated rings. The highest BCUT2D eigenvalue weighted by atomic mass is 15.0. The quantitative estimate of drug-likeness (QED) is 0.857. The largest absolute Gasteiger partial charge is 0.334 e. The molecule has 0 amide bonds. The molecule has 0 saturated heterocycles. The van der Waals surface area contributed by atoms with Crippen molar-refractivity contribution in [1.82, 2.24) is 9.55 Å². The first-order valence-electron chi connectivity index (χ1n) is 5.64. The standard InChI is InChI=1S/C13H19N3/c1-13(2,14)7-6-10-4-5-12-11(8-10)15-9-16(12)3/h4-5,8-9H,6-7,14H2,1-3H3. The Bertz CT molecular complexity index is 491. The summed E-state index contributed by atoms with van der Waals surface area (Å²) in [5, 5.41) is 0. The molecule has 0 aliphatic heterocycles. The molecule has 0 aliphatic carbocycles. The molecule has 0 radical (unpaired) electrons. The molecule has 86 valence electrons. The highest BCUT2D eigenvalue weighted by Gasteiger charge is 2.10. The Morgan fingerprint density at radius 3 is 2.81 bits per heavy atom. The van der Waals surface area contributed by atoms with Crippen LogP contribution in [0.15, 0.2) is 24.5 Å². The van der Waals surface area contributed by atoms with E-state index in [0.29, 0.717) is 0 Å². The number of benzene rings is 1. The van der Waals surface area contributed by atoms with Crippen molar-refractivity contribution in [2.75, 3.05) is 0 Å². The van der Waals surface area contributed by atoms with Crippen LogP contribution in [0.5, 0.6) is 0 Å². The molecule has 16 heavy (non-hydrogen) atoms. The lowest BCUT2D eigenvalue weighted by Crippen LogP contribution is -2.32. The Kier molecular flexibility index (Phi) is 2.72. The van der Waals surface area contributed by atoms with Crippen molar-refractivity contribution in [3.63, 3.8) is 0 Å². The van der Waals surface area contributed by atoms with Crippen molar-refractivity contribution >= 4 is 11.0 Å². The van der Waals surface area contributed by atoms with Crippen LogP contribution in [0.3, 0.4) is 0 Å². The normalized spacial score (nSPS) is 12.2. The fraction of sp³-hybridized carbons (Fsp3) is 0.462. The molecule has 3 heteroatoms. The molecule has 2 N–H and O–H groups in total. The molecule has 0 spiro atoms. The molecule has 0 aliphatic rings. The monoisotopic (exact) mass is 217 g/mol. The smallest absolute Gasteiger partial charge is 0.0955 e. The molecule has 0 atom stereocenters. The maximum atomic E-state index is 5.98. The van der Waals surface area contributed by atoms with Crippen molar-refractivity contribution in [3.05, 3.63) is 30.1 Å². The second-order valence-electron chi connectivity index (χ2n) is 5.17. The van der Waals surface area contributed by atoms with E-state index in [4.69, 9.17) is 5.73 Å². The molecule has 1 aromatic carbocycles. The van der Waals surface area contributed by atoms with Crippen LogP contribution in [0.2, 0.25) is 0 Å². The summed E-state index contributed by atoms with van der Waals surface area (Å²) in [6.45, 7) is 4.12. The zero-order chi connectivity index (χ0) is 11.8. The third-order valence-corrected chi connectivity index (χ3v) is 2.85. The Morgan fingerprint density at radius 1 is 1.38 bits per heavy atom. The predicted octanol–water partition coefficient (Wildman–Crippen LogP) is 2.24. The number of hydrogen-bond acceptors (Lipinski definition) is 2. The summed E-state index contributed by atoms with van der Waals surface area (Å²) in [5.74, 6) is 0. The highest BCUT2D eigenvalue weighted by molar-refractivity contribution is 5.75. The van der Waals surface area contributed by atoms with Gasteiger partial charge in [0.25, 0.3) is 0 Å². The summed E-state index contributed by atoms with van der Waals surface area (Å²) < 4.78 is 2.03. The first-order valence-corrected chi connectivity index (χ1v) is 5.64. The van der Waals surface area contributed by atoms with Crippen molar-refractivity contribution in [2.24, 2.45) is 12.8 Å². The van der Waals surface area contributed by atoms with Crippen molar-refractivity contribution in [3.8, 4) is 0 Å². The van der Waals surface area contributed by atoms with E-state index in [1.165, 1.54) is 11.1 Å². The summed E-state index contributed by atoms with van der Waals surface area (Å²) >= 11 is 0. The van der Waals surface area contributed by atoms with Gasteiger partial charge < -0.3 is 10.3 Å². The average molecular weight is 217 g/mol. The number of imidazole rings is 1. The molecule has 2 aromatic rings. The zero-order valence-electron chi connectivity index (χ0n) is 10.2. The van der Waals surface area contributed by atoms with Gasteiger partial charge in [-0.15, -0.1) is 0 Å². The first-order chi connectivity index (χ1) is 7.46. The van der Waals surface area contributed by atoms with Crippen molar-refractivity contribution in [1.29, 1.82) is 0 Å². The number of aromatic nitrogens is 2. The number of rotatable bonds is 3.